The van der Waals surface area contributed by atoms with E-state index in [1.807, 2.05) is 12.1 Å². The van der Waals surface area contributed by atoms with Gasteiger partial charge in [0.2, 0.25) is 0 Å². The summed E-state index contributed by atoms with van der Waals surface area (Å²) in [5.74, 6) is 1.73. The topological polar surface area (TPSA) is 32.5 Å². The molecule has 2 heterocycles. The lowest BCUT2D eigenvalue weighted by atomic mass is 10.2. The molecule has 1 saturated carbocycles. The van der Waals surface area contributed by atoms with Crippen molar-refractivity contribution in [3.63, 3.8) is 0 Å². The van der Waals surface area contributed by atoms with Crippen LogP contribution in [0, 0.1) is 0 Å². The van der Waals surface area contributed by atoms with Crippen LogP contribution in [0.5, 0.6) is 0 Å². The second-order valence-corrected chi connectivity index (χ2v) is 7.11. The minimum absolute atomic E-state index is 0.644. The van der Waals surface area contributed by atoms with Gasteiger partial charge in [-0.3, -0.25) is 9.80 Å². The molecule has 0 bridgehead atoms. The van der Waals surface area contributed by atoms with Crippen LogP contribution in [0.25, 0.3) is 0 Å². The van der Waals surface area contributed by atoms with Gasteiger partial charge < -0.3 is 4.52 Å². The first-order valence-corrected chi connectivity index (χ1v) is 8.79. The average molecular weight is 332 g/mol. The maximum Gasteiger partial charge on any atom is 0.140 e. The highest BCUT2D eigenvalue weighted by Crippen LogP contribution is 2.40. The molecule has 0 amide bonds. The van der Waals surface area contributed by atoms with Gasteiger partial charge in [0, 0.05) is 56.3 Å². The molecule has 1 aromatic carbocycles. The monoisotopic (exact) mass is 331 g/mol. The Balaban J connectivity index is 1.26. The van der Waals surface area contributed by atoms with E-state index < -0.39 is 0 Å². The van der Waals surface area contributed by atoms with Crippen LogP contribution < -0.4 is 0 Å². The molecule has 4 nitrogen and oxygen atoms in total. The van der Waals surface area contributed by atoms with Gasteiger partial charge in [-0.1, -0.05) is 28.9 Å². The lowest BCUT2D eigenvalue weighted by Gasteiger charge is -2.34. The third kappa shape index (κ3) is 3.94. The van der Waals surface area contributed by atoms with E-state index >= 15 is 0 Å². The highest BCUT2D eigenvalue weighted by atomic mass is 35.5. The fourth-order valence-corrected chi connectivity index (χ4v) is 3.40. The van der Waals surface area contributed by atoms with E-state index in [4.69, 9.17) is 16.1 Å². The van der Waals surface area contributed by atoms with Crippen LogP contribution >= 0.6 is 11.6 Å². The number of halogens is 1. The predicted molar refractivity (Wildman–Crippen MR) is 90.5 cm³/mol. The Hall–Kier alpha value is -1.36. The summed E-state index contributed by atoms with van der Waals surface area (Å²) in [6.07, 6.45) is 2.52. The highest BCUT2D eigenvalue weighted by molar-refractivity contribution is 6.30. The lowest BCUT2D eigenvalue weighted by Crippen LogP contribution is -2.45. The largest absolute Gasteiger partial charge is 0.361 e. The molecular weight excluding hydrogens is 310 g/mol. The van der Waals surface area contributed by atoms with Gasteiger partial charge >= 0.3 is 0 Å². The van der Waals surface area contributed by atoms with Crippen molar-refractivity contribution in [1.29, 1.82) is 0 Å². The molecule has 0 atom stereocenters. The zero-order valence-electron chi connectivity index (χ0n) is 13.2. The molecular formula is C18H22ClN3O. The number of nitrogens with zero attached hydrogens (tertiary/aromatic N) is 3. The van der Waals surface area contributed by atoms with Gasteiger partial charge in [0.15, 0.2) is 0 Å². The number of aromatic nitrogens is 1. The molecule has 2 aromatic rings. The summed E-state index contributed by atoms with van der Waals surface area (Å²) >= 11 is 6.06. The Morgan fingerprint density at radius 1 is 1.04 bits per heavy atom. The zero-order valence-corrected chi connectivity index (χ0v) is 14.0. The first-order valence-electron chi connectivity index (χ1n) is 8.41. The molecule has 0 unspecified atom stereocenters. The second-order valence-electron chi connectivity index (χ2n) is 6.68. The smallest absolute Gasteiger partial charge is 0.140 e. The van der Waals surface area contributed by atoms with Crippen LogP contribution in [-0.2, 0) is 13.1 Å². The molecule has 0 radical (unpaired) electrons. The third-order valence-electron chi connectivity index (χ3n) is 4.70. The number of hydrogen-bond donors (Lipinski definition) is 0. The fraction of sp³-hybridized carbons (Fsp3) is 0.500. The molecule has 1 saturated heterocycles. The first-order chi connectivity index (χ1) is 11.3. The summed E-state index contributed by atoms with van der Waals surface area (Å²) in [5, 5.41) is 5.04. The standard InChI is InChI=1S/C18H22ClN3O/c19-16-3-1-2-14(10-16)12-21-6-8-22(9-7-21)13-17-11-18(23-20-17)15-4-5-15/h1-3,10-11,15H,4-9,12-13H2. The summed E-state index contributed by atoms with van der Waals surface area (Å²) in [6.45, 7) is 6.20. The van der Waals surface area contributed by atoms with Gasteiger partial charge in [-0.05, 0) is 30.5 Å². The minimum atomic E-state index is 0.644. The first kappa shape index (κ1) is 15.2. The molecule has 1 aliphatic heterocycles. The maximum atomic E-state index is 6.06. The van der Waals surface area contributed by atoms with Gasteiger partial charge in [0.1, 0.15) is 5.76 Å². The Bertz CT molecular complexity index is 660. The molecule has 0 spiro atoms. The molecule has 4 rings (SSSR count). The van der Waals surface area contributed by atoms with Crippen molar-refractivity contribution in [2.45, 2.75) is 31.8 Å². The van der Waals surface area contributed by atoms with E-state index in [0.717, 1.165) is 55.7 Å². The maximum absolute atomic E-state index is 6.06. The quantitative estimate of drug-likeness (QED) is 0.839. The molecule has 23 heavy (non-hydrogen) atoms. The zero-order chi connectivity index (χ0) is 15.6. The summed E-state index contributed by atoms with van der Waals surface area (Å²) < 4.78 is 5.44. The second kappa shape index (κ2) is 6.63. The van der Waals surface area contributed by atoms with E-state index in [-0.39, 0.29) is 0 Å². The van der Waals surface area contributed by atoms with E-state index in [1.165, 1.54) is 18.4 Å². The van der Waals surface area contributed by atoms with Gasteiger partial charge in [-0.15, -0.1) is 0 Å². The van der Waals surface area contributed by atoms with Gasteiger partial charge in [-0.25, -0.2) is 0 Å². The Labute approximate surface area is 142 Å². The van der Waals surface area contributed by atoms with Crippen molar-refractivity contribution in [1.82, 2.24) is 15.0 Å². The van der Waals surface area contributed by atoms with E-state index in [0.29, 0.717) is 5.92 Å². The molecule has 5 heteroatoms. The molecule has 122 valence electrons. The van der Waals surface area contributed by atoms with Crippen LogP contribution in [0.15, 0.2) is 34.9 Å². The molecule has 1 aromatic heterocycles. The lowest BCUT2D eigenvalue weighted by molar-refractivity contribution is 0.120. The summed E-state index contributed by atoms with van der Waals surface area (Å²) in [6, 6.07) is 10.3. The van der Waals surface area contributed by atoms with Crippen LogP contribution in [0.2, 0.25) is 5.02 Å². The number of piperazine rings is 1. The Morgan fingerprint density at radius 2 is 1.78 bits per heavy atom. The SMILES string of the molecule is Clc1cccc(CN2CCN(Cc3cc(C4CC4)on3)CC2)c1. The Kier molecular flexibility index (Phi) is 4.38. The van der Waals surface area contributed by atoms with E-state index in [2.05, 4.69) is 33.2 Å². The van der Waals surface area contributed by atoms with Crippen molar-refractivity contribution in [3.05, 3.63) is 52.4 Å². The molecule has 2 aliphatic rings. The van der Waals surface area contributed by atoms with Crippen molar-refractivity contribution in [3.8, 4) is 0 Å². The van der Waals surface area contributed by atoms with Crippen molar-refractivity contribution >= 4 is 11.6 Å². The van der Waals surface area contributed by atoms with E-state index in [1.54, 1.807) is 0 Å². The minimum Gasteiger partial charge on any atom is -0.361 e. The molecule has 1 aliphatic carbocycles. The van der Waals surface area contributed by atoms with Crippen molar-refractivity contribution < 1.29 is 4.52 Å². The number of rotatable bonds is 5. The van der Waals surface area contributed by atoms with Crippen LogP contribution in [0.1, 0.15) is 35.8 Å². The van der Waals surface area contributed by atoms with Gasteiger partial charge in [-0.2, -0.15) is 0 Å². The molecule has 2 fully saturated rings. The fourth-order valence-electron chi connectivity index (χ4n) is 3.19. The normalized spacial score (nSPS) is 20.0. The van der Waals surface area contributed by atoms with Crippen LogP contribution in [0.4, 0.5) is 0 Å². The van der Waals surface area contributed by atoms with Crippen LogP contribution in [-0.4, -0.2) is 41.1 Å². The number of hydrogen-bond acceptors (Lipinski definition) is 4. The van der Waals surface area contributed by atoms with E-state index in [9.17, 15) is 0 Å². The predicted octanol–water partition coefficient (Wildman–Crippen LogP) is 3.52. The molecule has 0 N–H and O–H groups in total. The van der Waals surface area contributed by atoms with Gasteiger partial charge in [0.25, 0.3) is 0 Å². The third-order valence-corrected chi connectivity index (χ3v) is 4.94. The van der Waals surface area contributed by atoms with Crippen molar-refractivity contribution in [2.75, 3.05) is 26.2 Å². The average Bonchev–Trinajstić information content (AvgIpc) is 3.30. The summed E-state index contributed by atoms with van der Waals surface area (Å²) in [7, 11) is 0. The van der Waals surface area contributed by atoms with Gasteiger partial charge in [0.05, 0.1) is 5.69 Å². The summed E-state index contributed by atoms with van der Waals surface area (Å²) in [5.41, 5.74) is 2.37. The number of benzene rings is 1. The summed E-state index contributed by atoms with van der Waals surface area (Å²) in [4.78, 5) is 4.95. The van der Waals surface area contributed by atoms with Crippen LogP contribution in [0.3, 0.4) is 0 Å². The van der Waals surface area contributed by atoms with Crippen molar-refractivity contribution in [2.24, 2.45) is 0 Å². The highest BCUT2D eigenvalue weighted by Gasteiger charge is 2.28. The Morgan fingerprint density at radius 3 is 2.48 bits per heavy atom.